The number of methoxy groups -OCH3 is 1. The lowest BCUT2D eigenvalue weighted by Gasteiger charge is -2.42. The van der Waals surface area contributed by atoms with Gasteiger partial charge in [-0.1, -0.05) is 0 Å². The predicted octanol–water partition coefficient (Wildman–Crippen LogP) is 2.59. The zero-order valence-corrected chi connectivity index (χ0v) is 15.6. The first kappa shape index (κ1) is 19.4. The number of rotatable bonds is 8. The summed E-state index contributed by atoms with van der Waals surface area (Å²) in [5, 5.41) is 14.6. The molecule has 2 aliphatic carbocycles. The molecule has 2 amide bonds. The zero-order chi connectivity index (χ0) is 19.6. The first-order chi connectivity index (χ1) is 12.9. The number of hydrogen-bond acceptors (Lipinski definition) is 4. The Bertz CT molecular complexity index is 717. The van der Waals surface area contributed by atoms with Gasteiger partial charge in [-0.15, -0.1) is 0 Å². The van der Waals surface area contributed by atoms with Crippen LogP contribution in [0, 0.1) is 18.7 Å². The molecule has 8 heteroatoms. The minimum absolute atomic E-state index is 0.00565. The van der Waals surface area contributed by atoms with E-state index in [-0.39, 0.29) is 24.4 Å². The van der Waals surface area contributed by atoms with Crippen LogP contribution in [-0.2, 0) is 4.79 Å². The van der Waals surface area contributed by atoms with Gasteiger partial charge >= 0.3 is 12.0 Å². The van der Waals surface area contributed by atoms with Gasteiger partial charge in [0.2, 0.25) is 0 Å². The molecule has 0 bridgehead atoms. The normalized spacial score (nSPS) is 21.5. The van der Waals surface area contributed by atoms with Crippen molar-refractivity contribution < 1.29 is 23.8 Å². The summed E-state index contributed by atoms with van der Waals surface area (Å²) in [7, 11) is 1.39. The first-order valence-corrected chi connectivity index (χ1v) is 9.23. The topological polar surface area (TPSA) is 90.9 Å². The van der Waals surface area contributed by atoms with E-state index < -0.39 is 17.8 Å². The lowest BCUT2D eigenvalue weighted by Crippen LogP contribution is -2.55. The van der Waals surface area contributed by atoms with Gasteiger partial charge in [0.15, 0.2) is 11.6 Å². The molecule has 0 saturated heterocycles. The van der Waals surface area contributed by atoms with Crippen LogP contribution in [-0.4, -0.2) is 54.3 Å². The Balaban J connectivity index is 1.48. The highest BCUT2D eigenvalue weighted by molar-refractivity contribution is 5.90. The zero-order valence-electron chi connectivity index (χ0n) is 15.6. The van der Waals surface area contributed by atoms with Crippen molar-refractivity contribution in [1.82, 2.24) is 10.2 Å². The predicted molar refractivity (Wildman–Crippen MR) is 98.6 cm³/mol. The highest BCUT2D eigenvalue weighted by Gasteiger charge is 2.37. The van der Waals surface area contributed by atoms with Crippen molar-refractivity contribution in [2.75, 3.05) is 25.5 Å². The largest absolute Gasteiger partial charge is 0.494 e. The number of carboxylic acids is 1. The summed E-state index contributed by atoms with van der Waals surface area (Å²) in [4.78, 5) is 25.3. The molecule has 7 nitrogen and oxygen atoms in total. The number of benzene rings is 1. The van der Waals surface area contributed by atoms with E-state index >= 15 is 0 Å². The second kappa shape index (κ2) is 8.12. The number of carboxylic acid groups (broad SMARTS) is 1. The van der Waals surface area contributed by atoms with Crippen LogP contribution in [0.5, 0.6) is 5.75 Å². The fourth-order valence-corrected chi connectivity index (χ4v) is 3.44. The van der Waals surface area contributed by atoms with Crippen molar-refractivity contribution in [2.45, 2.75) is 44.7 Å². The van der Waals surface area contributed by atoms with Crippen molar-refractivity contribution in [2.24, 2.45) is 5.92 Å². The first-order valence-electron chi connectivity index (χ1n) is 9.23. The molecule has 2 aliphatic rings. The molecule has 2 saturated carbocycles. The molecule has 0 unspecified atom stereocenters. The maximum Gasteiger partial charge on any atom is 0.319 e. The number of halogens is 1. The Hall–Kier alpha value is -2.35. The van der Waals surface area contributed by atoms with Crippen LogP contribution < -0.4 is 15.4 Å². The van der Waals surface area contributed by atoms with Crippen molar-refractivity contribution >= 4 is 17.7 Å². The fourth-order valence-electron chi connectivity index (χ4n) is 3.44. The van der Waals surface area contributed by atoms with Crippen LogP contribution in [0.4, 0.5) is 14.9 Å². The Kier molecular flexibility index (Phi) is 5.84. The van der Waals surface area contributed by atoms with Gasteiger partial charge in [0.25, 0.3) is 0 Å². The standard InChI is InChI=1S/C19H26FN3O4/c1-11-5-17(27-2)15(20)8-16(11)22-19(26)21-13-6-14(7-13)23(10-18(24)25)9-12-3-4-12/h5,8,12-14H,3-4,6-7,9-10H2,1-2H3,(H,24,25)(H2,21,22,26). The van der Waals surface area contributed by atoms with Gasteiger partial charge in [0.05, 0.1) is 13.7 Å². The third-order valence-electron chi connectivity index (χ3n) is 5.24. The summed E-state index contributed by atoms with van der Waals surface area (Å²) in [6.07, 6.45) is 3.79. The molecule has 0 spiro atoms. The number of ether oxygens (including phenoxy) is 1. The van der Waals surface area contributed by atoms with E-state index in [0.29, 0.717) is 17.2 Å². The summed E-state index contributed by atoms with van der Waals surface area (Å²) >= 11 is 0. The van der Waals surface area contributed by atoms with Crippen LogP contribution in [0.3, 0.4) is 0 Å². The molecular formula is C19H26FN3O4. The molecule has 1 aromatic carbocycles. The van der Waals surface area contributed by atoms with E-state index in [9.17, 15) is 14.0 Å². The maximum absolute atomic E-state index is 13.8. The molecule has 3 N–H and O–H groups in total. The van der Waals surface area contributed by atoms with Gasteiger partial charge in [-0.3, -0.25) is 9.69 Å². The maximum atomic E-state index is 13.8. The van der Waals surface area contributed by atoms with Gasteiger partial charge < -0.3 is 20.5 Å². The number of hydrogen-bond donors (Lipinski definition) is 3. The van der Waals surface area contributed by atoms with E-state index in [1.807, 2.05) is 4.90 Å². The lowest BCUT2D eigenvalue weighted by molar-refractivity contribution is -0.139. The average Bonchev–Trinajstić information content (AvgIpc) is 3.36. The minimum Gasteiger partial charge on any atom is -0.494 e. The Morgan fingerprint density at radius 3 is 2.63 bits per heavy atom. The average molecular weight is 379 g/mol. The fraction of sp³-hybridized carbons (Fsp3) is 0.579. The van der Waals surface area contributed by atoms with Gasteiger partial charge in [-0.05, 0) is 50.2 Å². The van der Waals surface area contributed by atoms with E-state index in [4.69, 9.17) is 9.84 Å². The summed E-state index contributed by atoms with van der Waals surface area (Å²) in [5.41, 5.74) is 1.09. The van der Waals surface area contributed by atoms with Crippen molar-refractivity contribution in [3.05, 3.63) is 23.5 Å². The number of carbonyl (C=O) groups excluding carboxylic acids is 1. The number of aliphatic carboxylic acids is 1. The number of urea groups is 1. The van der Waals surface area contributed by atoms with Crippen LogP contribution in [0.25, 0.3) is 0 Å². The molecule has 0 aliphatic heterocycles. The van der Waals surface area contributed by atoms with Crippen molar-refractivity contribution in [3.8, 4) is 5.75 Å². The van der Waals surface area contributed by atoms with E-state index in [1.54, 1.807) is 6.92 Å². The molecule has 0 atom stereocenters. The number of anilines is 1. The number of carbonyl (C=O) groups is 2. The third-order valence-corrected chi connectivity index (χ3v) is 5.24. The van der Waals surface area contributed by atoms with Gasteiger partial charge in [-0.25, -0.2) is 9.18 Å². The van der Waals surface area contributed by atoms with Gasteiger partial charge in [0, 0.05) is 30.4 Å². The lowest BCUT2D eigenvalue weighted by atomic mass is 9.85. The Morgan fingerprint density at radius 1 is 1.33 bits per heavy atom. The summed E-state index contributed by atoms with van der Waals surface area (Å²) < 4.78 is 18.7. The quantitative estimate of drug-likeness (QED) is 0.646. The molecule has 0 heterocycles. The highest BCUT2D eigenvalue weighted by Crippen LogP contribution is 2.34. The summed E-state index contributed by atoms with van der Waals surface area (Å²) in [6, 6.07) is 2.56. The molecule has 1 aromatic rings. The van der Waals surface area contributed by atoms with Crippen molar-refractivity contribution in [1.29, 1.82) is 0 Å². The van der Waals surface area contributed by atoms with Crippen LogP contribution in [0.2, 0.25) is 0 Å². The van der Waals surface area contributed by atoms with E-state index in [1.165, 1.54) is 32.1 Å². The van der Waals surface area contributed by atoms with Crippen LogP contribution in [0.1, 0.15) is 31.2 Å². The number of nitrogens with zero attached hydrogens (tertiary/aromatic N) is 1. The number of amides is 2. The van der Waals surface area contributed by atoms with Crippen LogP contribution >= 0.6 is 0 Å². The number of aryl methyl sites for hydroxylation is 1. The minimum atomic E-state index is -0.818. The monoisotopic (exact) mass is 379 g/mol. The van der Waals surface area contributed by atoms with Gasteiger partial charge in [0.1, 0.15) is 0 Å². The van der Waals surface area contributed by atoms with Crippen molar-refractivity contribution in [3.63, 3.8) is 0 Å². The summed E-state index contributed by atoms with van der Waals surface area (Å²) in [5.74, 6) is -0.601. The van der Waals surface area contributed by atoms with E-state index in [0.717, 1.165) is 19.4 Å². The number of nitrogens with one attached hydrogen (secondary N) is 2. The summed E-state index contributed by atoms with van der Waals surface area (Å²) in [6.45, 7) is 2.63. The smallest absolute Gasteiger partial charge is 0.319 e. The second-order valence-electron chi connectivity index (χ2n) is 7.49. The van der Waals surface area contributed by atoms with Gasteiger partial charge in [-0.2, -0.15) is 0 Å². The Labute approximate surface area is 157 Å². The molecular weight excluding hydrogens is 353 g/mol. The molecule has 0 aromatic heterocycles. The third kappa shape index (κ3) is 5.09. The molecule has 148 valence electrons. The van der Waals surface area contributed by atoms with Crippen LogP contribution in [0.15, 0.2) is 12.1 Å². The van der Waals surface area contributed by atoms with E-state index in [2.05, 4.69) is 10.6 Å². The Morgan fingerprint density at radius 2 is 2.04 bits per heavy atom. The molecule has 0 radical (unpaired) electrons. The highest BCUT2D eigenvalue weighted by atomic mass is 19.1. The molecule has 27 heavy (non-hydrogen) atoms. The molecule has 2 fully saturated rings. The second-order valence-corrected chi connectivity index (χ2v) is 7.49. The molecule has 3 rings (SSSR count). The SMILES string of the molecule is COc1cc(C)c(NC(=O)NC2CC(N(CC(=O)O)CC3CC3)C2)cc1F.